The molecule has 96 valence electrons. The average molecular weight is 264 g/mol. The van der Waals surface area contributed by atoms with Crippen molar-refractivity contribution in [1.29, 1.82) is 0 Å². The fraction of sp³-hybridized carbons (Fsp3) is 0.417. The molecule has 0 unspecified atom stereocenters. The minimum Gasteiger partial charge on any atom is -0.389 e. The van der Waals surface area contributed by atoms with Gasteiger partial charge in [0.05, 0.1) is 6.54 Å². The highest BCUT2D eigenvalue weighted by Crippen LogP contribution is 2.18. The van der Waals surface area contributed by atoms with Crippen LogP contribution in [-0.4, -0.2) is 35.5 Å². The zero-order valence-electron chi connectivity index (χ0n) is 10.2. The molecule has 5 nitrogen and oxygen atoms in total. The summed E-state index contributed by atoms with van der Waals surface area (Å²) in [7, 11) is 1.82. The van der Waals surface area contributed by atoms with E-state index >= 15 is 0 Å². The Kier molecular flexibility index (Phi) is 3.76. The fourth-order valence-electron chi connectivity index (χ4n) is 1.58. The van der Waals surface area contributed by atoms with Gasteiger partial charge >= 0.3 is 0 Å². The lowest BCUT2D eigenvalue weighted by Gasteiger charge is -2.18. The number of carbonyl (C=O) groups excluding carboxylic acids is 1. The molecule has 1 amide bonds. The molecule has 1 heterocycles. The van der Waals surface area contributed by atoms with E-state index in [2.05, 4.69) is 10.3 Å². The molecule has 1 aliphatic carbocycles. The maximum absolute atomic E-state index is 11.7. The van der Waals surface area contributed by atoms with Crippen LogP contribution in [0.15, 0.2) is 18.3 Å². The standard InChI is InChI=1S/C12H16N4OS/c1-16(7-11(17)15-9-2-3-9)10-6-8(12(13)18)4-5-14-10/h4-6,9H,2-3,7H2,1H3,(H2,13,18)(H,15,17). The third-order valence-corrected chi connectivity index (χ3v) is 2.98. The van der Waals surface area contributed by atoms with Crippen LogP contribution < -0.4 is 16.0 Å². The average Bonchev–Trinajstić information content (AvgIpc) is 3.12. The van der Waals surface area contributed by atoms with Crippen molar-refractivity contribution in [3.63, 3.8) is 0 Å². The van der Waals surface area contributed by atoms with E-state index in [0.29, 0.717) is 16.8 Å². The summed E-state index contributed by atoms with van der Waals surface area (Å²) in [5, 5.41) is 2.93. The molecule has 1 aromatic heterocycles. The van der Waals surface area contributed by atoms with Gasteiger partial charge in [0.2, 0.25) is 5.91 Å². The summed E-state index contributed by atoms with van der Waals surface area (Å²) in [6, 6.07) is 3.92. The first-order valence-corrected chi connectivity index (χ1v) is 6.23. The van der Waals surface area contributed by atoms with Crippen molar-refractivity contribution in [2.45, 2.75) is 18.9 Å². The van der Waals surface area contributed by atoms with E-state index in [1.54, 1.807) is 23.2 Å². The molecule has 18 heavy (non-hydrogen) atoms. The molecule has 0 aliphatic heterocycles. The summed E-state index contributed by atoms with van der Waals surface area (Å²) >= 11 is 4.91. The highest BCUT2D eigenvalue weighted by molar-refractivity contribution is 7.80. The lowest BCUT2D eigenvalue weighted by molar-refractivity contribution is -0.119. The first-order chi connectivity index (χ1) is 8.56. The number of rotatable bonds is 5. The first kappa shape index (κ1) is 12.8. The SMILES string of the molecule is CN(CC(=O)NC1CC1)c1cc(C(N)=S)ccn1. The number of amides is 1. The van der Waals surface area contributed by atoms with Crippen LogP contribution in [0.5, 0.6) is 0 Å². The molecule has 0 radical (unpaired) electrons. The molecule has 1 aromatic rings. The molecule has 1 aliphatic rings. The zero-order chi connectivity index (χ0) is 13.1. The number of aromatic nitrogens is 1. The highest BCUT2D eigenvalue weighted by atomic mass is 32.1. The molecule has 2 rings (SSSR count). The van der Waals surface area contributed by atoms with Gasteiger partial charge in [-0.1, -0.05) is 12.2 Å². The van der Waals surface area contributed by atoms with Gasteiger partial charge in [-0.2, -0.15) is 0 Å². The number of hydrogen-bond acceptors (Lipinski definition) is 4. The van der Waals surface area contributed by atoms with Crippen molar-refractivity contribution < 1.29 is 4.79 Å². The summed E-state index contributed by atoms with van der Waals surface area (Å²) in [5.41, 5.74) is 6.32. The van der Waals surface area contributed by atoms with E-state index in [1.165, 1.54) is 0 Å². The molecule has 1 fully saturated rings. The number of likely N-dealkylation sites (N-methyl/N-ethyl adjacent to an activating group) is 1. The Bertz CT molecular complexity index is 473. The van der Waals surface area contributed by atoms with Gasteiger partial charge in [0.1, 0.15) is 10.8 Å². The van der Waals surface area contributed by atoms with Crippen LogP contribution in [0.4, 0.5) is 5.82 Å². The van der Waals surface area contributed by atoms with Crippen LogP contribution in [0.3, 0.4) is 0 Å². The van der Waals surface area contributed by atoms with Crippen molar-refractivity contribution in [1.82, 2.24) is 10.3 Å². The van der Waals surface area contributed by atoms with Gasteiger partial charge in [-0.05, 0) is 25.0 Å². The van der Waals surface area contributed by atoms with E-state index < -0.39 is 0 Å². The van der Waals surface area contributed by atoms with Crippen LogP contribution in [0.1, 0.15) is 18.4 Å². The number of nitrogens with two attached hydrogens (primary N) is 1. The number of thiocarbonyl (C=S) groups is 1. The van der Waals surface area contributed by atoms with Crippen molar-refractivity contribution in [2.75, 3.05) is 18.5 Å². The molecule has 6 heteroatoms. The van der Waals surface area contributed by atoms with E-state index in [4.69, 9.17) is 18.0 Å². The van der Waals surface area contributed by atoms with Crippen molar-refractivity contribution in [3.05, 3.63) is 23.9 Å². The van der Waals surface area contributed by atoms with Gasteiger partial charge in [0.15, 0.2) is 0 Å². The quantitative estimate of drug-likeness (QED) is 0.755. The van der Waals surface area contributed by atoms with Crippen molar-refractivity contribution in [3.8, 4) is 0 Å². The highest BCUT2D eigenvalue weighted by Gasteiger charge is 2.23. The molecule has 3 N–H and O–H groups in total. The van der Waals surface area contributed by atoms with Crippen LogP contribution in [0.2, 0.25) is 0 Å². The van der Waals surface area contributed by atoms with Gasteiger partial charge in [0, 0.05) is 24.8 Å². The smallest absolute Gasteiger partial charge is 0.239 e. The lowest BCUT2D eigenvalue weighted by atomic mass is 10.2. The second-order valence-corrected chi connectivity index (χ2v) is 4.90. The van der Waals surface area contributed by atoms with Crippen molar-refractivity contribution in [2.24, 2.45) is 5.73 Å². The van der Waals surface area contributed by atoms with Crippen LogP contribution >= 0.6 is 12.2 Å². The minimum atomic E-state index is 0.0162. The Morgan fingerprint density at radius 2 is 2.39 bits per heavy atom. The van der Waals surface area contributed by atoms with Crippen LogP contribution in [0.25, 0.3) is 0 Å². The Morgan fingerprint density at radius 3 is 3.00 bits per heavy atom. The topological polar surface area (TPSA) is 71.2 Å². The number of pyridine rings is 1. The number of nitrogens with one attached hydrogen (secondary N) is 1. The maximum atomic E-state index is 11.7. The number of hydrogen-bond donors (Lipinski definition) is 2. The van der Waals surface area contributed by atoms with Crippen LogP contribution in [-0.2, 0) is 4.79 Å². The molecule has 0 atom stereocenters. The molecule has 0 saturated heterocycles. The zero-order valence-corrected chi connectivity index (χ0v) is 11.0. The molecule has 1 saturated carbocycles. The molecule has 0 aromatic carbocycles. The Balaban J connectivity index is 1.98. The van der Waals surface area contributed by atoms with E-state index in [9.17, 15) is 4.79 Å². The van der Waals surface area contributed by atoms with E-state index in [1.807, 2.05) is 7.05 Å². The normalized spacial score (nSPS) is 14.1. The molecule has 0 spiro atoms. The second-order valence-electron chi connectivity index (χ2n) is 4.46. The Hall–Kier alpha value is -1.69. The first-order valence-electron chi connectivity index (χ1n) is 5.82. The monoisotopic (exact) mass is 264 g/mol. The van der Waals surface area contributed by atoms with Gasteiger partial charge in [-0.25, -0.2) is 4.98 Å². The van der Waals surface area contributed by atoms with Gasteiger partial charge in [0.25, 0.3) is 0 Å². The van der Waals surface area contributed by atoms with Crippen molar-refractivity contribution >= 4 is 28.9 Å². The number of carbonyl (C=O) groups is 1. The Morgan fingerprint density at radius 1 is 1.67 bits per heavy atom. The minimum absolute atomic E-state index is 0.0162. The summed E-state index contributed by atoms with van der Waals surface area (Å²) < 4.78 is 0. The number of nitrogens with zero attached hydrogens (tertiary/aromatic N) is 2. The van der Waals surface area contributed by atoms with Gasteiger partial charge in [-0.15, -0.1) is 0 Å². The largest absolute Gasteiger partial charge is 0.389 e. The third kappa shape index (κ3) is 3.40. The third-order valence-electron chi connectivity index (χ3n) is 2.74. The van der Waals surface area contributed by atoms with Gasteiger partial charge < -0.3 is 16.0 Å². The molecular weight excluding hydrogens is 248 g/mol. The fourth-order valence-corrected chi connectivity index (χ4v) is 1.70. The predicted molar refractivity (Wildman–Crippen MR) is 74.6 cm³/mol. The number of anilines is 1. The summed E-state index contributed by atoms with van der Waals surface area (Å²) in [6.07, 6.45) is 3.81. The molecule has 0 bridgehead atoms. The lowest BCUT2D eigenvalue weighted by Crippen LogP contribution is -2.36. The maximum Gasteiger partial charge on any atom is 0.239 e. The van der Waals surface area contributed by atoms with E-state index in [-0.39, 0.29) is 12.5 Å². The van der Waals surface area contributed by atoms with E-state index in [0.717, 1.165) is 18.4 Å². The van der Waals surface area contributed by atoms with Crippen LogP contribution in [0, 0.1) is 0 Å². The van der Waals surface area contributed by atoms with Gasteiger partial charge in [-0.3, -0.25) is 4.79 Å². The Labute approximate surface area is 111 Å². The summed E-state index contributed by atoms with van der Waals surface area (Å²) in [6.45, 7) is 0.282. The summed E-state index contributed by atoms with van der Waals surface area (Å²) in [5.74, 6) is 0.703. The second kappa shape index (κ2) is 5.30. The predicted octanol–water partition coefficient (Wildman–Crippen LogP) is 0.431. The summed E-state index contributed by atoms with van der Waals surface area (Å²) in [4.78, 5) is 18.0. The molecular formula is C12H16N4OS.